The summed E-state index contributed by atoms with van der Waals surface area (Å²) in [5.41, 5.74) is 2.63. The zero-order chi connectivity index (χ0) is 12.8. The van der Waals surface area contributed by atoms with Crippen molar-refractivity contribution in [3.8, 4) is 0 Å². The average molecular weight is 247 g/mol. The number of hydrogen-bond donors (Lipinski definition) is 0. The van der Waals surface area contributed by atoms with Crippen LogP contribution in [0.1, 0.15) is 62.8 Å². The van der Waals surface area contributed by atoms with Gasteiger partial charge >= 0.3 is 0 Å². The van der Waals surface area contributed by atoms with E-state index < -0.39 is 0 Å². The molecule has 0 unspecified atom stereocenters. The van der Waals surface area contributed by atoms with Crippen LogP contribution in [0.25, 0.3) is 0 Å². The van der Waals surface area contributed by atoms with Crippen LogP contribution in [-0.4, -0.2) is 4.57 Å². The maximum Gasteiger partial charge on any atom is 0.182 e. The Morgan fingerprint density at radius 3 is 1.61 bits per heavy atom. The lowest BCUT2D eigenvalue weighted by Crippen LogP contribution is -2.14. The Kier molecular flexibility index (Phi) is 5.03. The maximum absolute atomic E-state index is 11.7. The summed E-state index contributed by atoms with van der Waals surface area (Å²) in [7, 11) is 2.11. The fraction of sp³-hybridized carbons (Fsp3) is 0.688. The Balaban J connectivity index is 2.17. The van der Waals surface area contributed by atoms with Gasteiger partial charge in [0.05, 0.1) is 0 Å². The summed E-state index contributed by atoms with van der Waals surface area (Å²) in [6, 6.07) is 3.65. The van der Waals surface area contributed by atoms with Crippen LogP contribution in [-0.2, 0) is 19.9 Å². The van der Waals surface area contributed by atoms with E-state index in [1.165, 1.54) is 62.8 Å². The van der Waals surface area contributed by atoms with Gasteiger partial charge in [-0.1, -0.05) is 38.5 Å². The number of pyridine rings is 1. The summed E-state index contributed by atoms with van der Waals surface area (Å²) < 4.78 is 2.25. The minimum Gasteiger partial charge on any atom is -0.351 e. The molecule has 1 aliphatic rings. The molecule has 0 saturated heterocycles. The number of fused-ring (bicyclic) bond motifs is 2. The molecule has 18 heavy (non-hydrogen) atoms. The van der Waals surface area contributed by atoms with Gasteiger partial charge in [-0.25, -0.2) is 0 Å². The Morgan fingerprint density at radius 2 is 1.17 bits per heavy atom. The van der Waals surface area contributed by atoms with Crippen molar-refractivity contribution in [2.45, 2.75) is 64.2 Å². The third-order valence-electron chi connectivity index (χ3n) is 4.10. The van der Waals surface area contributed by atoms with Gasteiger partial charge in [0.2, 0.25) is 0 Å². The average Bonchev–Trinajstić information content (AvgIpc) is 2.36. The smallest absolute Gasteiger partial charge is 0.182 e. The Bertz CT molecular complexity index is 397. The summed E-state index contributed by atoms with van der Waals surface area (Å²) in [6.45, 7) is 0. The fourth-order valence-corrected chi connectivity index (χ4v) is 2.90. The zero-order valence-corrected chi connectivity index (χ0v) is 11.6. The van der Waals surface area contributed by atoms with Crippen molar-refractivity contribution in [1.82, 2.24) is 4.57 Å². The monoisotopic (exact) mass is 247 g/mol. The first kappa shape index (κ1) is 13.4. The molecule has 1 aromatic rings. The summed E-state index contributed by atoms with van der Waals surface area (Å²) in [4.78, 5) is 11.7. The van der Waals surface area contributed by atoms with Crippen LogP contribution < -0.4 is 5.43 Å². The summed E-state index contributed by atoms with van der Waals surface area (Å²) >= 11 is 0. The van der Waals surface area contributed by atoms with E-state index in [2.05, 4.69) is 11.6 Å². The minimum atomic E-state index is 0.188. The molecule has 1 aromatic heterocycles. The molecule has 0 atom stereocenters. The largest absolute Gasteiger partial charge is 0.351 e. The van der Waals surface area contributed by atoms with E-state index in [4.69, 9.17) is 0 Å². The van der Waals surface area contributed by atoms with Crippen molar-refractivity contribution >= 4 is 0 Å². The lowest BCUT2D eigenvalue weighted by molar-refractivity contribution is 0.570. The predicted molar refractivity (Wildman–Crippen MR) is 76.0 cm³/mol. The van der Waals surface area contributed by atoms with E-state index in [1.54, 1.807) is 0 Å². The Hall–Kier alpha value is -1.05. The van der Waals surface area contributed by atoms with E-state index in [9.17, 15) is 4.79 Å². The second kappa shape index (κ2) is 6.77. The first-order chi connectivity index (χ1) is 8.77. The second-order valence-electron chi connectivity index (χ2n) is 5.56. The molecule has 2 bridgehead atoms. The molecule has 0 amide bonds. The number of aromatic nitrogens is 1. The number of aryl methyl sites for hydroxylation is 2. The van der Waals surface area contributed by atoms with Gasteiger partial charge in [-0.2, -0.15) is 0 Å². The second-order valence-corrected chi connectivity index (χ2v) is 5.56. The normalized spacial score (nSPS) is 18.5. The third kappa shape index (κ3) is 3.72. The summed E-state index contributed by atoms with van der Waals surface area (Å²) in [6.07, 6.45) is 12.6. The Morgan fingerprint density at radius 1 is 0.778 bits per heavy atom. The fourth-order valence-electron chi connectivity index (χ4n) is 2.90. The molecule has 0 N–H and O–H groups in total. The van der Waals surface area contributed by atoms with Gasteiger partial charge in [0.15, 0.2) is 5.43 Å². The lowest BCUT2D eigenvalue weighted by atomic mass is 10.1. The molecule has 2 heteroatoms. The van der Waals surface area contributed by atoms with Crippen molar-refractivity contribution in [1.29, 1.82) is 0 Å². The molecule has 2 nitrogen and oxygen atoms in total. The van der Waals surface area contributed by atoms with E-state index in [0.717, 1.165) is 12.8 Å². The number of rotatable bonds is 0. The van der Waals surface area contributed by atoms with Crippen LogP contribution in [0.5, 0.6) is 0 Å². The highest BCUT2D eigenvalue weighted by Gasteiger charge is 2.06. The van der Waals surface area contributed by atoms with Gasteiger partial charge in [0, 0.05) is 30.6 Å². The maximum atomic E-state index is 11.7. The van der Waals surface area contributed by atoms with Crippen molar-refractivity contribution in [3.05, 3.63) is 33.7 Å². The zero-order valence-electron chi connectivity index (χ0n) is 11.6. The van der Waals surface area contributed by atoms with E-state index in [0.29, 0.717) is 0 Å². The highest BCUT2D eigenvalue weighted by atomic mass is 16.1. The first-order valence-corrected chi connectivity index (χ1v) is 7.46. The topological polar surface area (TPSA) is 22.0 Å². The van der Waals surface area contributed by atoms with Crippen LogP contribution in [0.2, 0.25) is 0 Å². The van der Waals surface area contributed by atoms with Gasteiger partial charge < -0.3 is 4.57 Å². The third-order valence-corrected chi connectivity index (χ3v) is 4.10. The molecule has 2 heterocycles. The van der Waals surface area contributed by atoms with Crippen LogP contribution in [0, 0.1) is 0 Å². The lowest BCUT2D eigenvalue weighted by Gasteiger charge is -2.14. The minimum absolute atomic E-state index is 0.188. The van der Waals surface area contributed by atoms with E-state index in [-0.39, 0.29) is 5.43 Å². The molecular weight excluding hydrogens is 222 g/mol. The van der Waals surface area contributed by atoms with Crippen LogP contribution in [0.15, 0.2) is 16.9 Å². The van der Waals surface area contributed by atoms with Crippen molar-refractivity contribution in [2.24, 2.45) is 7.05 Å². The molecule has 0 aliphatic carbocycles. The van der Waals surface area contributed by atoms with Gasteiger partial charge in [0.1, 0.15) is 0 Å². The molecule has 0 fully saturated rings. The molecular formula is C16H25NO. The molecule has 100 valence electrons. The standard InChI is InChI=1S/C16H25NO/c1-17-14-10-8-6-4-2-3-5-7-9-11-15(17)13-16(18)12-14/h12-13H,2-11H2,1H3. The van der Waals surface area contributed by atoms with Gasteiger partial charge in [0.25, 0.3) is 0 Å². The van der Waals surface area contributed by atoms with Gasteiger partial charge in [-0.05, 0) is 25.7 Å². The summed E-state index contributed by atoms with van der Waals surface area (Å²) in [5, 5.41) is 0. The van der Waals surface area contributed by atoms with E-state index in [1.807, 2.05) is 12.1 Å². The van der Waals surface area contributed by atoms with Gasteiger partial charge in [-0.15, -0.1) is 0 Å². The van der Waals surface area contributed by atoms with Crippen LogP contribution >= 0.6 is 0 Å². The van der Waals surface area contributed by atoms with Crippen molar-refractivity contribution < 1.29 is 0 Å². The molecule has 0 saturated carbocycles. The molecule has 0 radical (unpaired) electrons. The molecule has 1 aliphatic heterocycles. The SMILES string of the molecule is Cn1c2cc(=O)cc1CCCCCCCCCC2. The molecule has 2 rings (SSSR count). The quantitative estimate of drug-likeness (QED) is 0.686. The highest BCUT2D eigenvalue weighted by molar-refractivity contribution is 5.14. The van der Waals surface area contributed by atoms with Gasteiger partial charge in [-0.3, -0.25) is 4.79 Å². The first-order valence-electron chi connectivity index (χ1n) is 7.46. The van der Waals surface area contributed by atoms with E-state index >= 15 is 0 Å². The number of hydrogen-bond acceptors (Lipinski definition) is 1. The van der Waals surface area contributed by atoms with Crippen LogP contribution in [0.3, 0.4) is 0 Å². The van der Waals surface area contributed by atoms with Crippen molar-refractivity contribution in [3.63, 3.8) is 0 Å². The molecule has 0 spiro atoms. The van der Waals surface area contributed by atoms with Crippen LogP contribution in [0.4, 0.5) is 0 Å². The summed E-state index contributed by atoms with van der Waals surface area (Å²) in [5.74, 6) is 0. The number of nitrogens with zero attached hydrogens (tertiary/aromatic N) is 1. The predicted octanol–water partition coefficient (Wildman–Crippen LogP) is 3.60. The molecule has 0 aromatic carbocycles. The Labute approximate surface area is 110 Å². The highest BCUT2D eigenvalue weighted by Crippen LogP contribution is 2.15. The van der Waals surface area contributed by atoms with Crippen molar-refractivity contribution in [2.75, 3.05) is 0 Å².